The molecule has 1 fully saturated rings. The maximum absolute atomic E-state index is 15.3. The van der Waals surface area contributed by atoms with E-state index in [9.17, 15) is 9.90 Å². The molecule has 3 aromatic heterocycles. The minimum absolute atomic E-state index is 0.0174. The molecule has 9 nitrogen and oxygen atoms in total. The molecule has 1 saturated carbocycles. The lowest BCUT2D eigenvalue weighted by Gasteiger charge is -2.34. The highest BCUT2D eigenvalue weighted by Crippen LogP contribution is 2.47. The lowest BCUT2D eigenvalue weighted by molar-refractivity contribution is 0.252. The molecular weight excluding hydrogens is 485 g/mol. The molecule has 1 aliphatic heterocycles. The number of halogens is 1. The van der Waals surface area contributed by atoms with Crippen molar-refractivity contribution in [2.24, 2.45) is 0 Å². The number of fused-ring (bicyclic) bond motifs is 2. The summed E-state index contributed by atoms with van der Waals surface area (Å²) >= 11 is 0. The zero-order valence-corrected chi connectivity index (χ0v) is 22.0. The van der Waals surface area contributed by atoms with Crippen molar-refractivity contribution in [3.05, 3.63) is 69.5 Å². The van der Waals surface area contributed by atoms with E-state index in [-0.39, 0.29) is 40.6 Å². The SMILES string of the molecule is CC(C)n1c(=O)c2cnc(Nc3ccc4c(c3)CCNC4(C)C)nc2n1-c1nc(C2(CO)CC2)ccc1F. The Morgan fingerprint density at radius 3 is 2.68 bits per heavy atom. The van der Waals surface area contributed by atoms with E-state index in [1.807, 2.05) is 19.9 Å². The molecule has 1 aliphatic carbocycles. The van der Waals surface area contributed by atoms with Crippen LogP contribution in [-0.2, 0) is 17.4 Å². The molecule has 0 spiro atoms. The van der Waals surface area contributed by atoms with E-state index in [0.717, 1.165) is 31.5 Å². The van der Waals surface area contributed by atoms with E-state index in [4.69, 9.17) is 0 Å². The number of rotatable bonds is 6. The Bertz CT molecular complexity index is 1620. The third-order valence-corrected chi connectivity index (χ3v) is 7.84. The van der Waals surface area contributed by atoms with E-state index >= 15 is 4.39 Å². The third kappa shape index (κ3) is 3.90. The maximum atomic E-state index is 15.3. The Kier molecular flexibility index (Phi) is 5.66. The molecule has 0 radical (unpaired) electrons. The summed E-state index contributed by atoms with van der Waals surface area (Å²) in [6.07, 6.45) is 3.97. The zero-order chi connectivity index (χ0) is 26.8. The molecule has 1 aromatic carbocycles. The van der Waals surface area contributed by atoms with Crippen molar-refractivity contribution in [2.75, 3.05) is 18.5 Å². The van der Waals surface area contributed by atoms with E-state index in [1.165, 1.54) is 32.8 Å². The summed E-state index contributed by atoms with van der Waals surface area (Å²) in [5, 5.41) is 17.0. The van der Waals surface area contributed by atoms with Crippen LogP contribution in [0.3, 0.4) is 0 Å². The number of aromatic nitrogens is 5. The summed E-state index contributed by atoms with van der Waals surface area (Å²) in [5.41, 5.74) is 3.35. The third-order valence-electron chi connectivity index (χ3n) is 7.84. The van der Waals surface area contributed by atoms with Gasteiger partial charge in [0.25, 0.3) is 5.56 Å². The molecule has 0 unspecified atom stereocenters. The lowest BCUT2D eigenvalue weighted by Crippen LogP contribution is -2.42. The fourth-order valence-electron chi connectivity index (χ4n) is 5.47. The average Bonchev–Trinajstić information content (AvgIpc) is 3.63. The number of aliphatic hydroxyl groups is 1. The number of pyridine rings is 1. The van der Waals surface area contributed by atoms with Gasteiger partial charge in [0.1, 0.15) is 5.39 Å². The molecule has 4 aromatic rings. The summed E-state index contributed by atoms with van der Waals surface area (Å²) in [6.45, 7) is 8.88. The van der Waals surface area contributed by atoms with E-state index in [0.29, 0.717) is 11.6 Å². The molecule has 0 amide bonds. The summed E-state index contributed by atoms with van der Waals surface area (Å²) < 4.78 is 18.2. The van der Waals surface area contributed by atoms with Gasteiger partial charge in [-0.05, 0) is 88.9 Å². The van der Waals surface area contributed by atoms with Crippen LogP contribution in [0.2, 0.25) is 0 Å². The highest BCUT2D eigenvalue weighted by Gasteiger charge is 2.45. The van der Waals surface area contributed by atoms with Crippen molar-refractivity contribution in [1.82, 2.24) is 29.6 Å². The average molecular weight is 518 g/mol. The maximum Gasteiger partial charge on any atom is 0.278 e. The normalized spacial score (nSPS) is 17.6. The molecule has 3 N–H and O–H groups in total. The predicted molar refractivity (Wildman–Crippen MR) is 144 cm³/mol. The van der Waals surface area contributed by atoms with Gasteiger partial charge in [-0.2, -0.15) is 4.98 Å². The summed E-state index contributed by atoms with van der Waals surface area (Å²) in [5.74, 6) is -0.296. The van der Waals surface area contributed by atoms with Crippen molar-refractivity contribution in [3.63, 3.8) is 0 Å². The monoisotopic (exact) mass is 517 g/mol. The van der Waals surface area contributed by atoms with Crippen molar-refractivity contribution < 1.29 is 9.50 Å². The van der Waals surface area contributed by atoms with Gasteiger partial charge in [-0.25, -0.2) is 23.7 Å². The number of hydrogen-bond acceptors (Lipinski definition) is 7. The lowest BCUT2D eigenvalue weighted by atomic mass is 9.85. The van der Waals surface area contributed by atoms with Crippen molar-refractivity contribution in [3.8, 4) is 5.82 Å². The Balaban J connectivity index is 1.47. The summed E-state index contributed by atoms with van der Waals surface area (Å²) in [4.78, 5) is 27.1. The number of benzene rings is 1. The number of hydrogen-bond donors (Lipinski definition) is 3. The van der Waals surface area contributed by atoms with Crippen molar-refractivity contribution in [1.29, 1.82) is 0 Å². The van der Waals surface area contributed by atoms with Crippen LogP contribution in [0.1, 0.15) is 63.4 Å². The highest BCUT2D eigenvalue weighted by molar-refractivity contribution is 5.77. The van der Waals surface area contributed by atoms with Crippen LogP contribution in [0.15, 0.2) is 41.3 Å². The Morgan fingerprint density at radius 1 is 1.18 bits per heavy atom. The number of nitrogens with one attached hydrogen (secondary N) is 2. The molecule has 0 saturated heterocycles. The largest absolute Gasteiger partial charge is 0.395 e. The first kappa shape index (κ1) is 24.7. The first-order valence-electron chi connectivity index (χ1n) is 13.1. The Hall–Kier alpha value is -3.63. The zero-order valence-electron chi connectivity index (χ0n) is 22.0. The molecule has 6 rings (SSSR count). The Morgan fingerprint density at radius 2 is 1.97 bits per heavy atom. The van der Waals surface area contributed by atoms with Crippen LogP contribution >= 0.6 is 0 Å². The van der Waals surface area contributed by atoms with E-state index in [2.05, 4.69) is 51.6 Å². The summed E-state index contributed by atoms with van der Waals surface area (Å²) in [6, 6.07) is 8.86. The van der Waals surface area contributed by atoms with Crippen LogP contribution in [0.25, 0.3) is 16.9 Å². The van der Waals surface area contributed by atoms with Crippen molar-refractivity contribution >= 4 is 22.7 Å². The second-order valence-corrected chi connectivity index (χ2v) is 11.2. The second kappa shape index (κ2) is 8.71. The molecule has 2 aliphatic rings. The molecule has 10 heteroatoms. The van der Waals surface area contributed by atoms with Gasteiger partial charge >= 0.3 is 0 Å². The van der Waals surface area contributed by atoms with Gasteiger partial charge in [0.15, 0.2) is 17.3 Å². The molecule has 38 heavy (non-hydrogen) atoms. The van der Waals surface area contributed by atoms with Crippen LogP contribution < -0.4 is 16.2 Å². The van der Waals surface area contributed by atoms with Crippen LogP contribution in [-0.4, -0.2) is 42.6 Å². The first-order chi connectivity index (χ1) is 18.1. The van der Waals surface area contributed by atoms with Crippen molar-refractivity contribution in [2.45, 2.75) is 64.0 Å². The minimum Gasteiger partial charge on any atom is -0.395 e. The van der Waals surface area contributed by atoms with Crippen LogP contribution in [0, 0.1) is 5.82 Å². The molecule has 4 heterocycles. The molecule has 198 valence electrons. The summed E-state index contributed by atoms with van der Waals surface area (Å²) in [7, 11) is 0. The topological polar surface area (TPSA) is 110 Å². The minimum atomic E-state index is -0.576. The van der Waals surface area contributed by atoms with E-state index in [1.54, 1.807) is 6.07 Å². The fraction of sp³-hybridized carbons (Fsp3) is 0.429. The number of anilines is 2. The first-order valence-corrected chi connectivity index (χ1v) is 13.1. The van der Waals surface area contributed by atoms with Crippen LogP contribution in [0.4, 0.5) is 16.0 Å². The fourth-order valence-corrected chi connectivity index (χ4v) is 5.47. The Labute approximate surface area is 219 Å². The van der Waals surface area contributed by atoms with Gasteiger partial charge in [-0.15, -0.1) is 0 Å². The van der Waals surface area contributed by atoms with Gasteiger partial charge in [0.05, 0.1) is 12.3 Å². The quantitative estimate of drug-likeness (QED) is 0.356. The molecule has 0 atom stereocenters. The predicted octanol–water partition coefficient (Wildman–Crippen LogP) is 3.85. The van der Waals surface area contributed by atoms with E-state index < -0.39 is 11.2 Å². The highest BCUT2D eigenvalue weighted by atomic mass is 19.1. The van der Waals surface area contributed by atoms with Crippen LogP contribution in [0.5, 0.6) is 0 Å². The van der Waals surface area contributed by atoms with Gasteiger partial charge in [0, 0.05) is 28.9 Å². The smallest absolute Gasteiger partial charge is 0.278 e. The number of nitrogens with zero attached hydrogens (tertiary/aromatic N) is 5. The van der Waals surface area contributed by atoms with Gasteiger partial charge in [-0.3, -0.25) is 4.79 Å². The molecule has 0 bridgehead atoms. The number of aliphatic hydroxyl groups excluding tert-OH is 1. The van der Waals surface area contributed by atoms with Gasteiger partial charge in [-0.1, -0.05) is 6.07 Å². The second-order valence-electron chi connectivity index (χ2n) is 11.2. The van der Waals surface area contributed by atoms with Gasteiger partial charge in [0.2, 0.25) is 5.95 Å². The standard InChI is InChI=1S/C28H32FN7O2/c1-16(2)35-25(38)19-14-30-26(32-18-5-6-20-17(13-18)9-12-31-27(20,3)4)34-23(19)36(35)24-21(29)7-8-22(33-24)28(15-37)10-11-28/h5-8,13-14,16,31,37H,9-12,15H2,1-4H3,(H,30,32,34). The van der Waals surface area contributed by atoms with Gasteiger partial charge < -0.3 is 15.7 Å². The molecular formula is C28H32FN7O2.